The van der Waals surface area contributed by atoms with Gasteiger partial charge in [0.25, 0.3) is 10.0 Å². The molecule has 9 nitrogen and oxygen atoms in total. The van der Waals surface area contributed by atoms with Crippen molar-refractivity contribution in [2.75, 3.05) is 26.2 Å². The van der Waals surface area contributed by atoms with Crippen LogP contribution in [0.15, 0.2) is 4.21 Å². The van der Waals surface area contributed by atoms with Gasteiger partial charge in [-0.15, -0.1) is 11.3 Å². The molecule has 2 heterocycles. The molecule has 150 valence electrons. The summed E-state index contributed by atoms with van der Waals surface area (Å²) in [6, 6.07) is 0. The number of nitrogens with zero attached hydrogens (tertiary/aromatic N) is 2. The van der Waals surface area contributed by atoms with Crippen LogP contribution in [-0.2, 0) is 14.8 Å². The Morgan fingerprint density at radius 3 is 1.93 bits per heavy atom. The van der Waals surface area contributed by atoms with Gasteiger partial charge in [-0.2, -0.15) is 4.31 Å². The molecule has 1 aliphatic rings. The largest absolute Gasteiger partial charge is 0.478 e. The minimum absolute atomic E-state index is 0.0164. The maximum Gasteiger partial charge on any atom is 0.346 e. The number of amides is 1. The minimum atomic E-state index is -4.19. The fourth-order valence-corrected chi connectivity index (χ4v) is 6.08. The van der Waals surface area contributed by atoms with Gasteiger partial charge in [0.1, 0.15) is 4.88 Å². The molecule has 0 spiro atoms. The Kier molecular flexibility index (Phi) is 5.69. The second-order valence-electron chi connectivity index (χ2n) is 7.28. The minimum Gasteiger partial charge on any atom is -0.478 e. The second kappa shape index (κ2) is 7.21. The maximum atomic E-state index is 13.0. The molecule has 2 N–H and O–H groups in total. The molecule has 0 saturated carbocycles. The lowest BCUT2D eigenvalue weighted by Crippen LogP contribution is -2.52. The molecule has 1 aromatic heterocycles. The highest BCUT2D eigenvalue weighted by Gasteiger charge is 2.38. The van der Waals surface area contributed by atoms with Crippen LogP contribution in [0.2, 0.25) is 0 Å². The maximum absolute atomic E-state index is 13.0. The third-order valence-corrected chi connectivity index (χ3v) is 7.94. The van der Waals surface area contributed by atoms with E-state index in [0.717, 1.165) is 4.31 Å². The quantitative estimate of drug-likeness (QED) is 0.754. The van der Waals surface area contributed by atoms with Crippen molar-refractivity contribution in [3.63, 3.8) is 0 Å². The first-order valence-electron chi connectivity index (χ1n) is 8.18. The van der Waals surface area contributed by atoms with Gasteiger partial charge < -0.3 is 15.1 Å². The third-order valence-electron chi connectivity index (χ3n) is 4.26. The first-order valence-corrected chi connectivity index (χ1v) is 10.4. The summed E-state index contributed by atoms with van der Waals surface area (Å²) in [5.41, 5.74) is -1.18. The van der Waals surface area contributed by atoms with E-state index in [1.54, 1.807) is 25.7 Å². The van der Waals surface area contributed by atoms with E-state index in [1.807, 2.05) is 0 Å². The van der Waals surface area contributed by atoms with Crippen LogP contribution in [-0.4, -0.2) is 71.9 Å². The van der Waals surface area contributed by atoms with Crippen LogP contribution in [0.25, 0.3) is 0 Å². The number of hydrogen-bond donors (Lipinski definition) is 2. The van der Waals surface area contributed by atoms with E-state index in [9.17, 15) is 33.0 Å². The van der Waals surface area contributed by atoms with Crippen LogP contribution in [0, 0.1) is 12.3 Å². The summed E-state index contributed by atoms with van der Waals surface area (Å²) in [4.78, 5) is 36.4. The topological polar surface area (TPSA) is 132 Å². The lowest BCUT2D eigenvalue weighted by atomic mass is 9.94. The molecule has 0 unspecified atom stereocenters. The zero-order valence-electron chi connectivity index (χ0n) is 15.5. The number of carbonyl (C=O) groups is 3. The number of carbonyl (C=O) groups excluding carboxylic acids is 1. The molecule has 1 aliphatic heterocycles. The van der Waals surface area contributed by atoms with Gasteiger partial charge in [0.2, 0.25) is 5.91 Å². The zero-order valence-corrected chi connectivity index (χ0v) is 17.1. The Hall–Kier alpha value is -1.98. The summed E-state index contributed by atoms with van der Waals surface area (Å²) >= 11 is 0.444. The molecule has 0 atom stereocenters. The predicted octanol–water partition coefficient (Wildman–Crippen LogP) is 1.33. The summed E-state index contributed by atoms with van der Waals surface area (Å²) in [6.45, 7) is 7.02. The van der Waals surface area contributed by atoms with Crippen molar-refractivity contribution < 1.29 is 33.0 Å². The molecule has 0 radical (unpaired) electrons. The van der Waals surface area contributed by atoms with Gasteiger partial charge in [-0.3, -0.25) is 4.79 Å². The molecule has 1 fully saturated rings. The molecule has 1 amide bonds. The highest BCUT2D eigenvalue weighted by Crippen LogP contribution is 2.34. The lowest BCUT2D eigenvalue weighted by molar-refractivity contribution is -0.140. The molecule has 1 saturated heterocycles. The van der Waals surface area contributed by atoms with Crippen molar-refractivity contribution in [3.05, 3.63) is 16.0 Å². The van der Waals surface area contributed by atoms with Gasteiger partial charge in [-0.05, 0) is 12.5 Å². The third kappa shape index (κ3) is 3.99. The van der Waals surface area contributed by atoms with E-state index in [4.69, 9.17) is 0 Å². The monoisotopic (exact) mass is 418 g/mol. The van der Waals surface area contributed by atoms with Gasteiger partial charge >= 0.3 is 11.9 Å². The zero-order chi connectivity index (χ0) is 20.7. The first-order chi connectivity index (χ1) is 12.3. The Balaban J connectivity index is 2.33. The molecule has 0 aliphatic carbocycles. The number of piperazine rings is 1. The number of carboxylic acids is 2. The van der Waals surface area contributed by atoms with Crippen LogP contribution < -0.4 is 0 Å². The first kappa shape index (κ1) is 21.3. The van der Waals surface area contributed by atoms with Crippen molar-refractivity contribution >= 4 is 39.2 Å². The normalized spacial score (nSPS) is 16.4. The smallest absolute Gasteiger partial charge is 0.346 e. The molecule has 0 aromatic carbocycles. The summed E-state index contributed by atoms with van der Waals surface area (Å²) in [6.07, 6.45) is 0. The highest BCUT2D eigenvalue weighted by atomic mass is 32.2. The van der Waals surface area contributed by atoms with Gasteiger partial charge in [-0.25, -0.2) is 18.0 Å². The van der Waals surface area contributed by atoms with E-state index < -0.39 is 37.1 Å². The standard InChI is InChI=1S/C16H22N2O7S2/c1-9-10(12(19)20)14(26-11(9)13(21)22)27(24,25)18-7-5-17(6-8-18)15(23)16(2,3)4/h5-8H2,1-4H3,(H,19,20)(H,21,22). The van der Waals surface area contributed by atoms with Crippen molar-refractivity contribution in [2.45, 2.75) is 31.9 Å². The molecular weight excluding hydrogens is 396 g/mol. The summed E-state index contributed by atoms with van der Waals surface area (Å²) < 4.78 is 26.5. The fourth-order valence-electron chi connectivity index (χ4n) is 2.84. The average molecular weight is 418 g/mol. The Morgan fingerprint density at radius 1 is 1.00 bits per heavy atom. The Morgan fingerprint density at radius 2 is 1.52 bits per heavy atom. The Bertz CT molecular complexity index is 889. The number of sulfonamides is 1. The average Bonchev–Trinajstić information content (AvgIpc) is 2.92. The number of carboxylic acid groups (broad SMARTS) is 2. The summed E-state index contributed by atoms with van der Waals surface area (Å²) in [5.74, 6) is -2.95. The lowest BCUT2D eigenvalue weighted by Gasteiger charge is -2.36. The summed E-state index contributed by atoms with van der Waals surface area (Å²) in [7, 11) is -4.19. The van der Waals surface area contributed by atoms with Gasteiger partial charge in [-0.1, -0.05) is 20.8 Å². The second-order valence-corrected chi connectivity index (χ2v) is 10.4. The number of aromatic carboxylic acids is 2. The van der Waals surface area contributed by atoms with Crippen molar-refractivity contribution in [2.24, 2.45) is 5.41 Å². The summed E-state index contributed by atoms with van der Waals surface area (Å²) in [5, 5.41) is 18.6. The molecule has 1 aromatic rings. The van der Waals surface area contributed by atoms with Gasteiger partial charge in [0.05, 0.1) is 5.56 Å². The molecule has 11 heteroatoms. The van der Waals surface area contributed by atoms with Crippen LogP contribution in [0.4, 0.5) is 0 Å². The van der Waals surface area contributed by atoms with Gasteiger partial charge in [0.15, 0.2) is 4.21 Å². The van der Waals surface area contributed by atoms with Gasteiger partial charge in [0, 0.05) is 31.6 Å². The predicted molar refractivity (Wildman–Crippen MR) is 97.8 cm³/mol. The van der Waals surface area contributed by atoms with Crippen LogP contribution in [0.3, 0.4) is 0 Å². The van der Waals surface area contributed by atoms with Crippen molar-refractivity contribution in [1.29, 1.82) is 0 Å². The number of hydrogen-bond acceptors (Lipinski definition) is 6. The fraction of sp³-hybridized carbons (Fsp3) is 0.562. The van der Waals surface area contributed by atoms with Crippen molar-refractivity contribution in [1.82, 2.24) is 9.21 Å². The van der Waals surface area contributed by atoms with E-state index in [1.165, 1.54) is 6.92 Å². The van der Waals surface area contributed by atoms with E-state index in [0.29, 0.717) is 11.3 Å². The van der Waals surface area contributed by atoms with Crippen LogP contribution >= 0.6 is 11.3 Å². The van der Waals surface area contributed by atoms with Crippen molar-refractivity contribution in [3.8, 4) is 0 Å². The SMILES string of the molecule is Cc1c(C(=O)O)sc(S(=O)(=O)N2CCN(C(=O)C(C)(C)C)CC2)c1C(=O)O. The van der Waals surface area contributed by atoms with Crippen LogP contribution in [0.1, 0.15) is 46.4 Å². The van der Waals surface area contributed by atoms with E-state index in [-0.39, 0.29) is 42.5 Å². The highest BCUT2D eigenvalue weighted by molar-refractivity contribution is 7.91. The van der Waals surface area contributed by atoms with E-state index >= 15 is 0 Å². The Labute approximate surface area is 161 Å². The molecule has 0 bridgehead atoms. The molecule has 27 heavy (non-hydrogen) atoms. The molecular formula is C16H22N2O7S2. The van der Waals surface area contributed by atoms with E-state index in [2.05, 4.69) is 0 Å². The number of thiophene rings is 1. The van der Waals surface area contributed by atoms with Crippen LogP contribution in [0.5, 0.6) is 0 Å². The number of rotatable bonds is 4. The molecule has 2 rings (SSSR count).